The quantitative estimate of drug-likeness (QED) is 0.844. The third kappa shape index (κ3) is 3.05. The summed E-state index contributed by atoms with van der Waals surface area (Å²) in [6.07, 6.45) is 7.81. The number of benzene rings is 1. The lowest BCUT2D eigenvalue weighted by Crippen LogP contribution is -2.58. The summed E-state index contributed by atoms with van der Waals surface area (Å²) in [6.45, 7) is 6.56. The minimum atomic E-state index is -0.326. The van der Waals surface area contributed by atoms with Gasteiger partial charge in [-0.3, -0.25) is 4.79 Å². The van der Waals surface area contributed by atoms with Crippen molar-refractivity contribution in [1.29, 1.82) is 5.26 Å². The number of carbonyl (C=O) groups excluding carboxylic acids is 1. The lowest BCUT2D eigenvalue weighted by molar-refractivity contribution is -0.126. The van der Waals surface area contributed by atoms with Gasteiger partial charge in [-0.25, -0.2) is 0 Å². The number of hydrogen-bond acceptors (Lipinski definition) is 4. The van der Waals surface area contributed by atoms with Crippen molar-refractivity contribution in [3.8, 4) is 11.8 Å². The number of aromatic hydroxyl groups is 1. The first-order valence-electron chi connectivity index (χ1n) is 11.0. The van der Waals surface area contributed by atoms with Crippen LogP contribution in [0.5, 0.6) is 5.75 Å². The molecule has 1 heterocycles. The molecule has 1 aromatic rings. The number of nitrogens with zero attached hydrogens (tertiary/aromatic N) is 2. The number of piperidine rings is 1. The van der Waals surface area contributed by atoms with E-state index >= 15 is 0 Å². The SMILES string of the molecule is CCc1ccc(C#N)c(O)c1[C@]12CCN(CC3CCC3)C(C)C1CCC(=O)C2. The average Bonchev–Trinajstić information content (AvgIpc) is 2.65. The van der Waals surface area contributed by atoms with E-state index in [1.54, 1.807) is 6.07 Å². The lowest BCUT2D eigenvalue weighted by atomic mass is 9.55. The number of Topliss-reactive ketones (excluding diaryl/α,β-unsaturated/α-hetero) is 1. The Morgan fingerprint density at radius 1 is 1.32 bits per heavy atom. The summed E-state index contributed by atoms with van der Waals surface area (Å²) in [4.78, 5) is 15.3. The molecule has 2 aliphatic carbocycles. The first kappa shape index (κ1) is 19.5. The van der Waals surface area contributed by atoms with Crippen LogP contribution in [0.3, 0.4) is 0 Å². The second-order valence-electron chi connectivity index (χ2n) is 9.26. The number of ketones is 1. The van der Waals surface area contributed by atoms with Crippen LogP contribution in [0.25, 0.3) is 0 Å². The van der Waals surface area contributed by atoms with E-state index in [4.69, 9.17) is 0 Å². The molecular weight excluding hydrogens is 348 g/mol. The summed E-state index contributed by atoms with van der Waals surface area (Å²) in [5.74, 6) is 1.62. The lowest BCUT2D eigenvalue weighted by Gasteiger charge is -2.55. The Balaban J connectivity index is 1.77. The highest BCUT2D eigenvalue weighted by molar-refractivity contribution is 5.82. The molecule has 1 N–H and O–H groups in total. The van der Waals surface area contributed by atoms with Gasteiger partial charge in [0.25, 0.3) is 0 Å². The van der Waals surface area contributed by atoms with Crippen molar-refractivity contribution in [2.45, 2.75) is 76.7 Å². The van der Waals surface area contributed by atoms with Gasteiger partial charge in [-0.05, 0) is 69.0 Å². The first-order valence-corrected chi connectivity index (χ1v) is 11.0. The van der Waals surface area contributed by atoms with Crippen LogP contribution < -0.4 is 0 Å². The summed E-state index contributed by atoms with van der Waals surface area (Å²) in [7, 11) is 0. The number of nitriles is 1. The Labute approximate surface area is 168 Å². The Morgan fingerprint density at radius 2 is 2.11 bits per heavy atom. The van der Waals surface area contributed by atoms with Gasteiger partial charge in [-0.1, -0.05) is 19.4 Å². The molecule has 4 rings (SSSR count). The van der Waals surface area contributed by atoms with Gasteiger partial charge in [0.1, 0.15) is 17.6 Å². The molecule has 3 atom stereocenters. The van der Waals surface area contributed by atoms with E-state index < -0.39 is 0 Å². The van der Waals surface area contributed by atoms with Crippen molar-refractivity contribution in [1.82, 2.24) is 4.90 Å². The normalized spacial score (nSPS) is 31.1. The molecule has 1 aromatic carbocycles. The van der Waals surface area contributed by atoms with Gasteiger partial charge in [0, 0.05) is 36.4 Å². The van der Waals surface area contributed by atoms with Crippen molar-refractivity contribution in [3.63, 3.8) is 0 Å². The molecule has 28 heavy (non-hydrogen) atoms. The van der Waals surface area contributed by atoms with Gasteiger partial charge >= 0.3 is 0 Å². The van der Waals surface area contributed by atoms with Gasteiger partial charge in [0.15, 0.2) is 0 Å². The molecule has 4 nitrogen and oxygen atoms in total. The molecule has 150 valence electrons. The molecule has 2 saturated carbocycles. The maximum absolute atomic E-state index is 12.6. The number of fused-ring (bicyclic) bond motifs is 1. The van der Waals surface area contributed by atoms with Crippen LogP contribution in [0.4, 0.5) is 0 Å². The molecule has 0 spiro atoms. The largest absolute Gasteiger partial charge is 0.506 e. The van der Waals surface area contributed by atoms with E-state index in [-0.39, 0.29) is 11.2 Å². The number of aryl methyl sites for hydroxylation is 1. The van der Waals surface area contributed by atoms with E-state index in [1.165, 1.54) is 25.8 Å². The molecule has 1 saturated heterocycles. The third-order valence-electron chi connectivity index (χ3n) is 7.94. The van der Waals surface area contributed by atoms with Gasteiger partial charge in [0.2, 0.25) is 0 Å². The fourth-order valence-corrected chi connectivity index (χ4v) is 6.18. The minimum Gasteiger partial charge on any atom is -0.506 e. The molecule has 2 unspecified atom stereocenters. The van der Waals surface area contributed by atoms with E-state index in [0.717, 1.165) is 42.9 Å². The molecule has 4 heteroatoms. The highest BCUT2D eigenvalue weighted by Crippen LogP contribution is 2.54. The van der Waals surface area contributed by atoms with Gasteiger partial charge in [-0.2, -0.15) is 5.26 Å². The second kappa shape index (κ2) is 7.52. The van der Waals surface area contributed by atoms with Gasteiger partial charge in [-0.15, -0.1) is 0 Å². The van der Waals surface area contributed by atoms with Crippen molar-refractivity contribution in [2.75, 3.05) is 13.1 Å². The fraction of sp³-hybridized carbons (Fsp3) is 0.667. The van der Waals surface area contributed by atoms with Crippen LogP contribution >= 0.6 is 0 Å². The summed E-state index contributed by atoms with van der Waals surface area (Å²) >= 11 is 0. The number of phenolic OH excluding ortho intramolecular Hbond substituents is 1. The third-order valence-corrected chi connectivity index (χ3v) is 7.94. The molecule has 3 fully saturated rings. The molecular formula is C24H32N2O2. The zero-order chi connectivity index (χ0) is 19.9. The monoisotopic (exact) mass is 380 g/mol. The van der Waals surface area contributed by atoms with E-state index in [2.05, 4.69) is 24.8 Å². The molecule has 0 bridgehead atoms. The van der Waals surface area contributed by atoms with Crippen molar-refractivity contribution < 1.29 is 9.90 Å². The number of hydrogen-bond donors (Lipinski definition) is 1. The predicted octanol–water partition coefficient (Wildman–Crippen LogP) is 4.33. The summed E-state index contributed by atoms with van der Waals surface area (Å²) in [6, 6.07) is 6.26. The van der Waals surface area contributed by atoms with Crippen LogP contribution in [-0.2, 0) is 16.6 Å². The van der Waals surface area contributed by atoms with Crippen LogP contribution in [0.15, 0.2) is 12.1 Å². The van der Waals surface area contributed by atoms with E-state index in [9.17, 15) is 15.2 Å². The number of phenols is 1. The predicted molar refractivity (Wildman–Crippen MR) is 109 cm³/mol. The second-order valence-corrected chi connectivity index (χ2v) is 9.26. The topological polar surface area (TPSA) is 64.3 Å². The van der Waals surface area contributed by atoms with Crippen molar-refractivity contribution in [2.24, 2.45) is 11.8 Å². The molecule has 1 aliphatic heterocycles. The summed E-state index contributed by atoms with van der Waals surface area (Å²) < 4.78 is 0. The Morgan fingerprint density at radius 3 is 2.75 bits per heavy atom. The Kier molecular flexibility index (Phi) is 5.22. The van der Waals surface area contributed by atoms with Gasteiger partial charge < -0.3 is 10.0 Å². The average molecular weight is 381 g/mol. The molecule has 0 radical (unpaired) electrons. The van der Waals surface area contributed by atoms with Crippen molar-refractivity contribution >= 4 is 5.78 Å². The first-order chi connectivity index (χ1) is 13.5. The summed E-state index contributed by atoms with van der Waals surface area (Å²) in [5.41, 5.74) is 2.01. The summed E-state index contributed by atoms with van der Waals surface area (Å²) in [5, 5.41) is 20.6. The smallest absolute Gasteiger partial charge is 0.137 e. The highest BCUT2D eigenvalue weighted by Gasteiger charge is 2.53. The van der Waals surface area contributed by atoms with E-state index in [0.29, 0.717) is 36.1 Å². The maximum atomic E-state index is 12.6. The maximum Gasteiger partial charge on any atom is 0.137 e. The Bertz CT molecular complexity index is 808. The molecule has 0 aromatic heterocycles. The highest BCUT2D eigenvalue weighted by atomic mass is 16.3. The standard InChI is InChI=1S/C24H32N2O2/c1-3-18-7-8-19(14-25)23(28)22(18)24-11-12-26(15-17-5-4-6-17)16(2)21(24)10-9-20(27)13-24/h7-8,16-17,21,28H,3-6,9-13,15H2,1-2H3/t16?,21?,24-/m0/s1. The molecule has 3 aliphatic rings. The van der Waals surface area contributed by atoms with E-state index in [1.807, 2.05) is 6.07 Å². The number of rotatable bonds is 4. The Hall–Kier alpha value is -1.86. The number of likely N-dealkylation sites (tertiary alicyclic amines) is 1. The number of carbonyl (C=O) groups is 1. The van der Waals surface area contributed by atoms with Crippen molar-refractivity contribution in [3.05, 3.63) is 28.8 Å². The molecule has 0 amide bonds. The van der Waals surface area contributed by atoms with Crippen LogP contribution in [0.2, 0.25) is 0 Å². The minimum absolute atomic E-state index is 0.126. The fourth-order valence-electron chi connectivity index (χ4n) is 6.18. The zero-order valence-electron chi connectivity index (χ0n) is 17.2. The van der Waals surface area contributed by atoms with Crippen LogP contribution in [0, 0.1) is 23.2 Å². The van der Waals surface area contributed by atoms with Crippen LogP contribution in [0.1, 0.15) is 75.5 Å². The van der Waals surface area contributed by atoms with Gasteiger partial charge in [0.05, 0.1) is 5.56 Å². The van der Waals surface area contributed by atoms with Crippen LogP contribution in [-0.4, -0.2) is 34.9 Å². The zero-order valence-corrected chi connectivity index (χ0v) is 17.2.